The minimum Gasteiger partial charge on any atom is -0.465 e. The molecule has 1 amide bonds. The van der Waals surface area contributed by atoms with Crippen LogP contribution in [-0.4, -0.2) is 147 Å². The van der Waals surface area contributed by atoms with Gasteiger partial charge in [-0.1, -0.05) is 0 Å². The Balaban J connectivity index is 3.06. The molecule has 0 radical (unpaired) electrons. The van der Waals surface area contributed by atoms with E-state index in [9.17, 15) is 47.9 Å². The lowest BCUT2D eigenvalue weighted by atomic mass is 9.87. The molecule has 1 N–H and O–H groups in total. The van der Waals surface area contributed by atoms with Gasteiger partial charge in [-0.3, -0.25) is 43.2 Å². The molecule has 11 atom stereocenters. The Hall–Kier alpha value is -5.42. The van der Waals surface area contributed by atoms with Gasteiger partial charge in [-0.2, -0.15) is 0 Å². The number of nitrogens with one attached hydrogen (secondary N) is 1. The smallest absolute Gasteiger partial charge is 0.366 e. The molecule has 23 nitrogen and oxygen atoms in total. The minimum atomic E-state index is -2.96. The molecule has 2 fully saturated rings. The lowest BCUT2D eigenvalue weighted by Gasteiger charge is -2.51. The maximum Gasteiger partial charge on any atom is 0.366 e. The van der Waals surface area contributed by atoms with Crippen LogP contribution < -0.4 is 5.32 Å². The van der Waals surface area contributed by atoms with E-state index >= 15 is 0 Å². The molecule has 2 rings (SSSR count). The number of ether oxygens (including phenoxy) is 12. The molecule has 57 heavy (non-hydrogen) atoms. The van der Waals surface area contributed by atoms with Gasteiger partial charge in [-0.05, 0) is 0 Å². The Morgan fingerprint density at radius 2 is 1.19 bits per heavy atom. The average Bonchev–Trinajstić information content (AvgIpc) is 3.06. The molecule has 0 unspecified atom stereocenters. The highest BCUT2D eigenvalue weighted by atomic mass is 16.8. The number of carbonyl (C=O) groups excluding carboxylic acids is 10. The number of methoxy groups -OCH3 is 1. The minimum absolute atomic E-state index is 0.707. The third kappa shape index (κ3) is 14.2. The van der Waals surface area contributed by atoms with E-state index in [1.165, 1.54) is 0 Å². The van der Waals surface area contributed by atoms with Gasteiger partial charge in [0.1, 0.15) is 37.6 Å². The molecule has 0 aromatic rings. The van der Waals surface area contributed by atoms with Crippen molar-refractivity contribution >= 4 is 59.6 Å². The molecule has 0 aromatic carbocycles. The van der Waals surface area contributed by atoms with Crippen molar-refractivity contribution in [3.05, 3.63) is 0 Å². The fourth-order valence-electron chi connectivity index (χ4n) is 5.99. The van der Waals surface area contributed by atoms with Crippen LogP contribution in [0.4, 0.5) is 0 Å². The van der Waals surface area contributed by atoms with Gasteiger partial charge in [-0.25, -0.2) is 4.79 Å². The van der Waals surface area contributed by atoms with Crippen LogP contribution in [0.25, 0.3) is 0 Å². The number of esters is 9. The van der Waals surface area contributed by atoms with Gasteiger partial charge in [-0.15, -0.1) is 0 Å². The van der Waals surface area contributed by atoms with Crippen molar-refractivity contribution in [1.29, 1.82) is 0 Å². The quantitative estimate of drug-likeness (QED) is 0.138. The van der Waals surface area contributed by atoms with Crippen LogP contribution in [0.5, 0.6) is 0 Å². The van der Waals surface area contributed by atoms with E-state index in [1.807, 2.05) is 0 Å². The van der Waals surface area contributed by atoms with Crippen LogP contribution in [0.2, 0.25) is 0 Å². The summed E-state index contributed by atoms with van der Waals surface area (Å²) in [6.45, 7) is 7.32. The zero-order chi connectivity index (χ0) is 43.4. The molecule has 0 bridgehead atoms. The zero-order valence-corrected chi connectivity index (χ0v) is 32.9. The molecule has 0 aliphatic carbocycles. The van der Waals surface area contributed by atoms with Gasteiger partial charge in [0.15, 0.2) is 24.4 Å². The van der Waals surface area contributed by atoms with Gasteiger partial charge in [0.2, 0.25) is 12.2 Å². The van der Waals surface area contributed by atoms with Crippen molar-refractivity contribution < 1.29 is 105 Å². The molecule has 23 heteroatoms. The maximum atomic E-state index is 14.1. The van der Waals surface area contributed by atoms with Crippen molar-refractivity contribution in [2.24, 2.45) is 0 Å². The van der Waals surface area contributed by atoms with Crippen molar-refractivity contribution in [3.63, 3.8) is 0 Å². The molecular weight excluding hydrogens is 774 g/mol. The molecule has 0 aromatic heterocycles. The summed E-state index contributed by atoms with van der Waals surface area (Å²) in [4.78, 5) is 125. The van der Waals surface area contributed by atoms with Crippen LogP contribution >= 0.6 is 0 Å². The summed E-state index contributed by atoms with van der Waals surface area (Å²) >= 11 is 0. The highest BCUT2D eigenvalue weighted by molar-refractivity contribution is 5.79. The number of carbonyl (C=O) groups is 10. The summed E-state index contributed by atoms with van der Waals surface area (Å²) in [5.41, 5.74) is 0. The summed E-state index contributed by atoms with van der Waals surface area (Å²) in [7, 11) is 0.876. The predicted octanol–water partition coefficient (Wildman–Crippen LogP) is -1.39. The molecule has 0 saturated carbocycles. The van der Waals surface area contributed by atoms with Crippen LogP contribution in [0.3, 0.4) is 0 Å². The number of rotatable bonds is 16. The van der Waals surface area contributed by atoms with E-state index in [0.717, 1.165) is 69.4 Å². The average molecular weight is 822 g/mol. The standard InChI is InChI=1S/C34H47NO22/c1-14(36)35-26-23(49-17(4)39)11-34(33(45)46-10,56-29(26)27(51-19(6)41)24(50-18(5)40)12-47-15(2)37)57-30-28(52-20(7)42)25(13-48-16(3)38)55-32(54-22(9)44)31(30)53-21(8)43/h23-32H,11-13H2,1-10H3,(H,35,36)/t23-,24+,25+,26+,27+,28-,29+,30-,31+,32-,34-/m0/s1. The van der Waals surface area contributed by atoms with Crippen molar-refractivity contribution in [3.8, 4) is 0 Å². The Morgan fingerprint density at radius 1 is 0.649 bits per heavy atom. The summed E-state index contributed by atoms with van der Waals surface area (Å²) in [5.74, 6) is -13.0. The Labute approximate surface area is 325 Å². The highest BCUT2D eigenvalue weighted by Gasteiger charge is 2.63. The van der Waals surface area contributed by atoms with E-state index in [2.05, 4.69) is 5.32 Å². The van der Waals surface area contributed by atoms with E-state index < -0.39 is 146 Å². The first kappa shape index (κ1) is 47.7. The molecule has 2 heterocycles. The highest BCUT2D eigenvalue weighted by Crippen LogP contribution is 2.41. The van der Waals surface area contributed by atoms with Crippen LogP contribution in [-0.2, 0) is 105 Å². The van der Waals surface area contributed by atoms with Crippen molar-refractivity contribution in [2.45, 2.75) is 136 Å². The lowest BCUT2D eigenvalue weighted by molar-refractivity contribution is -0.367. The number of hydrogen-bond donors (Lipinski definition) is 1. The first-order chi connectivity index (χ1) is 26.5. The van der Waals surface area contributed by atoms with Gasteiger partial charge >= 0.3 is 53.7 Å². The summed E-state index contributed by atoms with van der Waals surface area (Å²) in [6.07, 6.45) is -17.5. The maximum absolute atomic E-state index is 14.1. The molecule has 0 spiro atoms. The van der Waals surface area contributed by atoms with Gasteiger partial charge in [0.25, 0.3) is 5.79 Å². The Kier molecular flexibility index (Phi) is 17.8. The SMILES string of the molecule is COC(=O)[C@@]1(O[C@H]2[C@@H](OC(C)=O)[C@@H](COC(C)=O)O[C@H](OC(C)=O)[C@@H]2OC(C)=O)C[C@H](OC(C)=O)[C@@H](NC(C)=O)[C@H]([C@H](OC(C)=O)[C@@H](COC(C)=O)OC(C)=O)O1. The number of hydrogen-bond acceptors (Lipinski definition) is 22. The van der Waals surface area contributed by atoms with E-state index in [1.54, 1.807) is 0 Å². The first-order valence-electron chi connectivity index (χ1n) is 17.2. The molecule has 320 valence electrons. The van der Waals surface area contributed by atoms with Gasteiger partial charge < -0.3 is 62.2 Å². The Morgan fingerprint density at radius 3 is 1.67 bits per heavy atom. The molecule has 2 aliphatic rings. The summed E-state index contributed by atoms with van der Waals surface area (Å²) in [6, 6.07) is -1.60. The normalized spacial score (nSPS) is 27.8. The van der Waals surface area contributed by atoms with Crippen LogP contribution in [0, 0.1) is 0 Å². The third-order valence-corrected chi connectivity index (χ3v) is 7.75. The van der Waals surface area contributed by atoms with Crippen molar-refractivity contribution in [1.82, 2.24) is 5.32 Å². The van der Waals surface area contributed by atoms with Crippen molar-refractivity contribution in [2.75, 3.05) is 20.3 Å². The zero-order valence-electron chi connectivity index (χ0n) is 32.9. The van der Waals surface area contributed by atoms with E-state index in [-0.39, 0.29) is 0 Å². The fourth-order valence-corrected chi connectivity index (χ4v) is 5.99. The van der Waals surface area contributed by atoms with Gasteiger partial charge in [0.05, 0.1) is 19.6 Å². The summed E-state index contributed by atoms with van der Waals surface area (Å²) in [5, 5.41) is 2.49. The van der Waals surface area contributed by atoms with E-state index in [4.69, 9.17) is 56.8 Å². The fraction of sp³-hybridized carbons (Fsp3) is 0.706. The molecular formula is C34H47NO22. The largest absolute Gasteiger partial charge is 0.465 e. The Bertz CT molecular complexity index is 1550. The summed E-state index contributed by atoms with van der Waals surface area (Å²) < 4.78 is 66.3. The second-order valence-electron chi connectivity index (χ2n) is 12.6. The lowest BCUT2D eigenvalue weighted by Crippen LogP contribution is -2.72. The van der Waals surface area contributed by atoms with Gasteiger partial charge in [0, 0.05) is 62.3 Å². The second-order valence-corrected chi connectivity index (χ2v) is 12.6. The second kappa shape index (κ2) is 21.2. The van der Waals surface area contributed by atoms with E-state index in [0.29, 0.717) is 0 Å². The topological polar surface area (TPSA) is 293 Å². The monoisotopic (exact) mass is 821 g/mol. The first-order valence-corrected chi connectivity index (χ1v) is 17.2. The molecule has 2 saturated heterocycles. The van der Waals surface area contributed by atoms with Crippen LogP contribution in [0.1, 0.15) is 68.7 Å². The van der Waals surface area contributed by atoms with Crippen LogP contribution in [0.15, 0.2) is 0 Å². The predicted molar refractivity (Wildman–Crippen MR) is 178 cm³/mol. The third-order valence-electron chi connectivity index (χ3n) is 7.75. The molecule has 2 aliphatic heterocycles. The number of amides is 1.